The van der Waals surface area contributed by atoms with Crippen molar-refractivity contribution in [3.63, 3.8) is 0 Å². The fourth-order valence-corrected chi connectivity index (χ4v) is 4.44. The molecule has 2 aromatic heterocycles. The minimum Gasteiger partial charge on any atom is -0.497 e. The SMILES string of the molecule is COc1cccc(Cc2cnc(N[C@@H](Cc3ccc(N[SH](=O)=O)cc3)c3csc(C)n3)o2)c1. The Morgan fingerprint density at radius 2 is 1.97 bits per heavy atom. The van der Waals surface area contributed by atoms with E-state index in [1.165, 1.54) is 0 Å². The van der Waals surface area contributed by atoms with Crippen molar-refractivity contribution in [1.29, 1.82) is 0 Å². The van der Waals surface area contributed by atoms with E-state index in [0.717, 1.165) is 33.3 Å². The monoisotopic (exact) mass is 484 g/mol. The van der Waals surface area contributed by atoms with E-state index in [2.05, 4.69) is 20.0 Å². The van der Waals surface area contributed by atoms with Gasteiger partial charge in [0.25, 0.3) is 6.01 Å². The summed E-state index contributed by atoms with van der Waals surface area (Å²) in [6.45, 7) is 1.97. The van der Waals surface area contributed by atoms with Gasteiger partial charge >= 0.3 is 0 Å². The van der Waals surface area contributed by atoms with Gasteiger partial charge in [-0.1, -0.05) is 24.3 Å². The topological polar surface area (TPSA) is 106 Å². The second-order valence-electron chi connectivity index (χ2n) is 7.42. The van der Waals surface area contributed by atoms with Crippen LogP contribution < -0.4 is 14.8 Å². The van der Waals surface area contributed by atoms with E-state index in [4.69, 9.17) is 9.15 Å². The summed E-state index contributed by atoms with van der Waals surface area (Å²) in [5.41, 5.74) is 3.51. The fourth-order valence-electron chi connectivity index (χ4n) is 3.41. The molecule has 8 nitrogen and oxygen atoms in total. The van der Waals surface area contributed by atoms with E-state index < -0.39 is 10.9 Å². The van der Waals surface area contributed by atoms with E-state index in [-0.39, 0.29) is 6.04 Å². The van der Waals surface area contributed by atoms with Gasteiger partial charge in [-0.3, -0.25) is 4.72 Å². The Kier molecular flexibility index (Phi) is 7.26. The van der Waals surface area contributed by atoms with Crippen molar-refractivity contribution >= 4 is 33.9 Å². The lowest BCUT2D eigenvalue weighted by atomic mass is 10.0. The van der Waals surface area contributed by atoms with Crippen molar-refractivity contribution in [3.8, 4) is 5.75 Å². The summed E-state index contributed by atoms with van der Waals surface area (Å²) in [5, 5.41) is 6.35. The van der Waals surface area contributed by atoms with Crippen molar-refractivity contribution in [3.05, 3.63) is 87.7 Å². The molecule has 0 fully saturated rings. The summed E-state index contributed by atoms with van der Waals surface area (Å²) in [6, 6.07) is 15.3. The Morgan fingerprint density at radius 3 is 2.67 bits per heavy atom. The number of methoxy groups -OCH3 is 1. The van der Waals surface area contributed by atoms with Gasteiger partial charge in [0.2, 0.25) is 10.9 Å². The number of thiazole rings is 1. The van der Waals surface area contributed by atoms with E-state index in [1.807, 2.05) is 48.7 Å². The number of oxazole rings is 1. The minimum atomic E-state index is -2.69. The number of nitrogens with one attached hydrogen (secondary N) is 2. The highest BCUT2D eigenvalue weighted by atomic mass is 32.2. The Bertz CT molecular complexity index is 1270. The summed E-state index contributed by atoms with van der Waals surface area (Å²) in [5.74, 6) is 1.54. The molecule has 1 atom stereocenters. The molecule has 0 radical (unpaired) electrons. The fraction of sp³-hybridized carbons (Fsp3) is 0.217. The molecule has 0 unspecified atom stereocenters. The summed E-state index contributed by atoms with van der Waals surface area (Å²) in [4.78, 5) is 9.04. The number of thiol groups is 1. The second-order valence-corrected chi connectivity index (χ2v) is 9.22. The first-order valence-corrected chi connectivity index (χ1v) is 12.3. The second kappa shape index (κ2) is 10.5. The van der Waals surface area contributed by atoms with Crippen molar-refractivity contribution in [1.82, 2.24) is 9.97 Å². The van der Waals surface area contributed by atoms with Crippen molar-refractivity contribution < 1.29 is 17.6 Å². The zero-order valence-electron chi connectivity index (χ0n) is 18.1. The molecule has 0 amide bonds. The standard InChI is InChI=1S/C23H24N4O4S2/c1-15-25-22(14-32-15)21(12-16-6-8-18(9-7-16)27-33(28)29)26-23-24-13-20(31-23)11-17-4-3-5-19(10-17)30-2/h3-10,13-14,21,33H,11-12H2,1-2H3,(H,24,26)(H,27,28,29)/t21-/m0/s1. The van der Waals surface area contributed by atoms with Crippen LogP contribution in [0.25, 0.3) is 0 Å². The number of nitrogens with zero attached hydrogens (tertiary/aromatic N) is 2. The molecular formula is C23H24N4O4S2. The first-order chi connectivity index (χ1) is 16.0. The molecule has 2 N–H and O–H groups in total. The molecule has 10 heteroatoms. The van der Waals surface area contributed by atoms with E-state index in [9.17, 15) is 8.42 Å². The number of aryl methyl sites for hydroxylation is 1. The van der Waals surface area contributed by atoms with Crippen LogP contribution in [-0.4, -0.2) is 25.5 Å². The Hall–Kier alpha value is -3.37. The number of benzene rings is 2. The largest absolute Gasteiger partial charge is 0.497 e. The highest BCUT2D eigenvalue weighted by Gasteiger charge is 2.18. The molecule has 0 bridgehead atoms. The van der Waals surface area contributed by atoms with Gasteiger partial charge < -0.3 is 14.5 Å². The zero-order chi connectivity index (χ0) is 23.2. The van der Waals surface area contributed by atoms with Crippen LogP contribution in [-0.2, 0) is 23.7 Å². The smallest absolute Gasteiger partial charge is 0.295 e. The number of aromatic nitrogens is 2. The van der Waals surface area contributed by atoms with E-state index in [1.54, 1.807) is 36.8 Å². The first-order valence-electron chi connectivity index (χ1n) is 10.2. The molecule has 33 heavy (non-hydrogen) atoms. The molecule has 0 saturated carbocycles. The first kappa shape index (κ1) is 22.8. The summed E-state index contributed by atoms with van der Waals surface area (Å²) < 4.78 is 35.3. The lowest BCUT2D eigenvalue weighted by molar-refractivity contribution is 0.414. The maximum absolute atomic E-state index is 10.9. The van der Waals surface area contributed by atoms with Gasteiger partial charge in [-0.25, -0.2) is 18.4 Å². The predicted octanol–water partition coefficient (Wildman–Crippen LogP) is 4.37. The number of hydrogen-bond donors (Lipinski definition) is 3. The van der Waals surface area contributed by atoms with Crippen molar-refractivity contribution in [2.75, 3.05) is 17.1 Å². The number of rotatable bonds is 10. The lowest BCUT2D eigenvalue weighted by Gasteiger charge is -2.16. The van der Waals surface area contributed by atoms with Crippen molar-refractivity contribution in [2.24, 2.45) is 0 Å². The molecule has 4 rings (SSSR count). The van der Waals surface area contributed by atoms with Crippen LogP contribution in [0.15, 0.2) is 64.5 Å². The van der Waals surface area contributed by atoms with E-state index >= 15 is 0 Å². The molecular weight excluding hydrogens is 460 g/mol. The van der Waals surface area contributed by atoms with Gasteiger partial charge in [0, 0.05) is 17.5 Å². The average molecular weight is 485 g/mol. The molecule has 2 aromatic carbocycles. The summed E-state index contributed by atoms with van der Waals surface area (Å²) in [6.07, 6.45) is 2.94. The number of ether oxygens (including phenoxy) is 1. The zero-order valence-corrected chi connectivity index (χ0v) is 19.9. The third kappa shape index (κ3) is 6.33. The normalized spacial score (nSPS) is 12.0. The maximum Gasteiger partial charge on any atom is 0.295 e. The predicted molar refractivity (Wildman–Crippen MR) is 130 cm³/mol. The van der Waals surface area contributed by atoms with Crippen LogP contribution in [0.3, 0.4) is 0 Å². The highest BCUT2D eigenvalue weighted by molar-refractivity contribution is 7.73. The Morgan fingerprint density at radius 1 is 1.15 bits per heavy atom. The maximum atomic E-state index is 10.9. The van der Waals surface area contributed by atoms with Crippen LogP contribution in [0, 0.1) is 6.92 Å². The molecule has 0 aliphatic heterocycles. The number of hydrogen-bond acceptors (Lipinski definition) is 8. The molecule has 172 valence electrons. The molecule has 0 aliphatic carbocycles. The summed E-state index contributed by atoms with van der Waals surface area (Å²) >= 11 is 1.58. The Balaban J connectivity index is 1.49. The summed E-state index contributed by atoms with van der Waals surface area (Å²) in [7, 11) is -1.04. The van der Waals surface area contributed by atoms with Gasteiger partial charge in [0.05, 0.1) is 30.1 Å². The van der Waals surface area contributed by atoms with Crippen LogP contribution >= 0.6 is 11.3 Å². The van der Waals surface area contributed by atoms with Gasteiger partial charge in [-0.05, 0) is 48.7 Å². The molecule has 2 heterocycles. The van der Waals surface area contributed by atoms with Gasteiger partial charge in [-0.2, -0.15) is 0 Å². The molecule has 4 aromatic rings. The third-order valence-electron chi connectivity index (χ3n) is 4.97. The van der Waals surface area contributed by atoms with Gasteiger partial charge in [-0.15, -0.1) is 11.3 Å². The highest BCUT2D eigenvalue weighted by Crippen LogP contribution is 2.26. The molecule has 0 aliphatic rings. The number of anilines is 2. The van der Waals surface area contributed by atoms with Gasteiger partial charge in [0.15, 0.2) is 0 Å². The van der Waals surface area contributed by atoms with Crippen molar-refractivity contribution in [2.45, 2.75) is 25.8 Å². The van der Waals surface area contributed by atoms with Crippen LogP contribution in [0.5, 0.6) is 5.75 Å². The average Bonchev–Trinajstić information content (AvgIpc) is 3.43. The quantitative estimate of drug-likeness (QED) is 0.287. The van der Waals surface area contributed by atoms with Crippen LogP contribution in [0.4, 0.5) is 11.7 Å². The van der Waals surface area contributed by atoms with E-state index in [0.29, 0.717) is 24.5 Å². The van der Waals surface area contributed by atoms with Crippen LogP contribution in [0.2, 0.25) is 0 Å². The lowest BCUT2D eigenvalue weighted by Crippen LogP contribution is -2.14. The molecule has 0 saturated heterocycles. The minimum absolute atomic E-state index is 0.159. The third-order valence-corrected chi connectivity index (χ3v) is 6.20. The van der Waals surface area contributed by atoms with Crippen LogP contribution in [0.1, 0.15) is 33.6 Å². The molecule has 0 spiro atoms. The van der Waals surface area contributed by atoms with Gasteiger partial charge in [0.1, 0.15) is 11.5 Å². The Labute approximate surface area is 197 Å².